The number of hydrogen-bond acceptors (Lipinski definition) is 6. The van der Waals surface area contributed by atoms with E-state index in [1.165, 1.54) is 11.9 Å². The lowest BCUT2D eigenvalue weighted by molar-refractivity contribution is 0.135. The molecule has 2 heterocycles. The van der Waals surface area contributed by atoms with Crippen LogP contribution in [0.3, 0.4) is 0 Å². The molecule has 4 aromatic rings. The van der Waals surface area contributed by atoms with Crippen molar-refractivity contribution in [2.45, 2.75) is 6.54 Å². The highest BCUT2D eigenvalue weighted by atomic mass is 35.5. The van der Waals surface area contributed by atoms with Crippen LogP contribution in [0, 0.1) is 0 Å². The van der Waals surface area contributed by atoms with E-state index in [-0.39, 0.29) is 6.15 Å². The molecule has 11 nitrogen and oxygen atoms in total. The van der Waals surface area contributed by atoms with Gasteiger partial charge in [-0.3, -0.25) is 0 Å². The van der Waals surface area contributed by atoms with E-state index in [0.717, 1.165) is 34.5 Å². The summed E-state index contributed by atoms with van der Waals surface area (Å²) in [4.78, 5) is 25.5. The predicted octanol–water partition coefficient (Wildman–Crippen LogP) is 5.42. The van der Waals surface area contributed by atoms with Crippen LogP contribution in [0.25, 0.3) is 22.2 Å². The molecule has 0 aliphatic heterocycles. The molecule has 0 aliphatic carbocycles. The Morgan fingerprint density at radius 3 is 2.15 bits per heavy atom. The Kier molecular flexibility index (Phi) is 10.8. The average molecular weight is 491 g/mol. The maximum atomic E-state index is 8.56. The van der Waals surface area contributed by atoms with Crippen LogP contribution >= 0.6 is 11.6 Å². The monoisotopic (exact) mass is 490 g/mol. The van der Waals surface area contributed by atoms with Crippen molar-refractivity contribution in [3.63, 3.8) is 0 Å². The minimum atomic E-state index is -1.83. The Hall–Kier alpha value is -4.35. The van der Waals surface area contributed by atoms with Gasteiger partial charge in [0, 0.05) is 12.7 Å². The number of methoxy groups -OCH3 is 1. The number of ether oxygens (including phenoxy) is 1. The van der Waals surface area contributed by atoms with Crippen molar-refractivity contribution in [1.29, 1.82) is 0 Å². The lowest BCUT2D eigenvalue weighted by Crippen LogP contribution is -1.99. The van der Waals surface area contributed by atoms with E-state index < -0.39 is 12.3 Å². The molecule has 0 fully saturated rings. The van der Waals surface area contributed by atoms with Crippen LogP contribution in [0.1, 0.15) is 5.56 Å². The number of hydrogen-bond donors (Lipinski definition) is 5. The van der Waals surface area contributed by atoms with Gasteiger partial charge in [-0.2, -0.15) is 0 Å². The first-order chi connectivity index (χ1) is 15.7. The summed E-state index contributed by atoms with van der Waals surface area (Å²) in [6.07, 6.45) is -0.186. The number of nitrogens with zero attached hydrogens (tertiary/aromatic N) is 3. The molecule has 0 saturated heterocycles. The van der Waals surface area contributed by atoms with Crippen molar-refractivity contribution in [3.05, 3.63) is 77.8 Å². The summed E-state index contributed by atoms with van der Waals surface area (Å²) in [5, 5.41) is 29.2. The number of rotatable bonds is 4. The Balaban J connectivity index is 0.000000563. The van der Waals surface area contributed by atoms with Gasteiger partial charge < -0.3 is 35.9 Å². The van der Waals surface area contributed by atoms with E-state index >= 15 is 0 Å². The third-order valence-electron chi connectivity index (χ3n) is 4.22. The number of carbonyl (C=O) groups is 2. The second-order valence-corrected chi connectivity index (χ2v) is 6.70. The second kappa shape index (κ2) is 13.3. The Bertz CT molecular complexity index is 1210. The minimum Gasteiger partial charge on any atom is -0.497 e. The number of carboxylic acid groups (broad SMARTS) is 4. The van der Waals surface area contributed by atoms with Crippen molar-refractivity contribution in [1.82, 2.24) is 20.7 Å². The first-order valence-electron chi connectivity index (χ1n) is 9.23. The molecule has 34 heavy (non-hydrogen) atoms. The molecule has 0 aliphatic rings. The van der Waals surface area contributed by atoms with Gasteiger partial charge in [-0.25, -0.2) is 19.6 Å². The molecule has 0 spiro atoms. The molecule has 0 amide bonds. The molecular formula is C22H23ClN4O7. The first kappa shape index (κ1) is 27.7. The zero-order valence-electron chi connectivity index (χ0n) is 18.0. The summed E-state index contributed by atoms with van der Waals surface area (Å²) in [7, 11) is 1.68. The maximum absolute atomic E-state index is 8.56. The molecule has 180 valence electrons. The number of fused-ring (bicyclic) bond motifs is 1. The standard InChI is InChI=1S/C20H16ClN3O.2CH2O3.H3N/c1-25-17-4-2-3-16(11-17)15-7-5-14(6-8-15)12-24-10-9-18-19(21)22-13-23-20(18)24;2*2-1(3)4;/h2-11,13H,12H2,1H3;2*(H2,2,3,4);1H3. The summed E-state index contributed by atoms with van der Waals surface area (Å²) in [5.74, 6) is 0.858. The third kappa shape index (κ3) is 8.30. The van der Waals surface area contributed by atoms with Gasteiger partial charge in [0.25, 0.3) is 0 Å². The van der Waals surface area contributed by atoms with Crippen LogP contribution in [-0.2, 0) is 6.54 Å². The summed E-state index contributed by atoms with van der Waals surface area (Å²) in [6.45, 7) is 0.731. The number of halogens is 1. The van der Waals surface area contributed by atoms with Crippen LogP contribution in [0.15, 0.2) is 67.1 Å². The van der Waals surface area contributed by atoms with Gasteiger partial charge in [-0.15, -0.1) is 0 Å². The summed E-state index contributed by atoms with van der Waals surface area (Å²) < 4.78 is 7.37. The maximum Gasteiger partial charge on any atom is 0.503 e. The third-order valence-corrected chi connectivity index (χ3v) is 4.52. The smallest absolute Gasteiger partial charge is 0.497 e. The van der Waals surface area contributed by atoms with Crippen molar-refractivity contribution in [3.8, 4) is 16.9 Å². The molecule has 0 atom stereocenters. The molecule has 4 rings (SSSR count). The van der Waals surface area contributed by atoms with Crippen LogP contribution in [0.2, 0.25) is 5.15 Å². The van der Waals surface area contributed by atoms with E-state index in [1.54, 1.807) is 7.11 Å². The van der Waals surface area contributed by atoms with Gasteiger partial charge >= 0.3 is 12.3 Å². The quantitative estimate of drug-likeness (QED) is 0.231. The molecule has 2 aromatic carbocycles. The van der Waals surface area contributed by atoms with E-state index in [1.807, 2.05) is 30.5 Å². The molecule has 12 heteroatoms. The zero-order chi connectivity index (χ0) is 24.4. The first-order valence-corrected chi connectivity index (χ1v) is 9.61. The topological polar surface area (TPSA) is 190 Å². The fraction of sp³-hybridized carbons (Fsp3) is 0.0909. The molecule has 0 saturated carbocycles. The highest BCUT2D eigenvalue weighted by molar-refractivity contribution is 6.33. The van der Waals surface area contributed by atoms with E-state index in [4.69, 9.17) is 46.4 Å². The van der Waals surface area contributed by atoms with Gasteiger partial charge in [0.15, 0.2) is 0 Å². The minimum absolute atomic E-state index is 0. The number of benzene rings is 2. The average Bonchev–Trinajstić information content (AvgIpc) is 3.18. The van der Waals surface area contributed by atoms with Crippen LogP contribution in [0.4, 0.5) is 9.59 Å². The van der Waals surface area contributed by atoms with E-state index in [0.29, 0.717) is 5.15 Å². The Morgan fingerprint density at radius 1 is 0.941 bits per heavy atom. The zero-order valence-corrected chi connectivity index (χ0v) is 18.8. The Labute approximate surface area is 199 Å². The predicted molar refractivity (Wildman–Crippen MR) is 126 cm³/mol. The summed E-state index contributed by atoms with van der Waals surface area (Å²) in [6, 6.07) is 18.5. The van der Waals surface area contributed by atoms with Crippen molar-refractivity contribution < 1.29 is 34.8 Å². The molecule has 0 radical (unpaired) electrons. The normalized spacial score (nSPS) is 9.47. The van der Waals surface area contributed by atoms with Gasteiger partial charge in [-0.05, 0) is 34.9 Å². The van der Waals surface area contributed by atoms with Gasteiger partial charge in [0.1, 0.15) is 22.9 Å². The van der Waals surface area contributed by atoms with Gasteiger partial charge in [0.2, 0.25) is 0 Å². The van der Waals surface area contributed by atoms with Gasteiger partial charge in [0.05, 0.1) is 12.5 Å². The molecule has 0 unspecified atom stereocenters. The molecule has 0 bridgehead atoms. The lowest BCUT2D eigenvalue weighted by atomic mass is 10.0. The highest BCUT2D eigenvalue weighted by Gasteiger charge is 2.07. The summed E-state index contributed by atoms with van der Waals surface area (Å²) in [5.41, 5.74) is 4.33. The number of aromatic nitrogens is 3. The van der Waals surface area contributed by atoms with Crippen LogP contribution in [-0.4, -0.2) is 54.4 Å². The van der Waals surface area contributed by atoms with E-state index in [9.17, 15) is 0 Å². The molecule has 7 N–H and O–H groups in total. The lowest BCUT2D eigenvalue weighted by Gasteiger charge is -2.08. The second-order valence-electron chi connectivity index (χ2n) is 6.34. The van der Waals surface area contributed by atoms with Crippen molar-refractivity contribution >= 4 is 34.9 Å². The van der Waals surface area contributed by atoms with Crippen molar-refractivity contribution in [2.75, 3.05) is 7.11 Å². The largest absolute Gasteiger partial charge is 0.503 e. The van der Waals surface area contributed by atoms with Crippen molar-refractivity contribution in [2.24, 2.45) is 0 Å². The SMILES string of the molecule is COc1cccc(-c2ccc(Cn3ccc4c(Cl)ncnc43)cc2)c1.N.O=C(O)O.O=C(O)O. The molecular weight excluding hydrogens is 468 g/mol. The molecule has 2 aromatic heterocycles. The Morgan fingerprint density at radius 2 is 1.56 bits per heavy atom. The van der Waals surface area contributed by atoms with Crippen LogP contribution in [0.5, 0.6) is 5.75 Å². The van der Waals surface area contributed by atoms with Gasteiger partial charge in [-0.1, -0.05) is 48.0 Å². The van der Waals surface area contributed by atoms with Crippen LogP contribution < -0.4 is 10.9 Å². The summed E-state index contributed by atoms with van der Waals surface area (Å²) >= 11 is 6.11. The fourth-order valence-corrected chi connectivity index (χ4v) is 3.09. The fourth-order valence-electron chi connectivity index (χ4n) is 2.90. The highest BCUT2D eigenvalue weighted by Crippen LogP contribution is 2.25. The van der Waals surface area contributed by atoms with E-state index in [2.05, 4.69) is 44.9 Å².